The van der Waals surface area contributed by atoms with Crippen LogP contribution in [0.25, 0.3) is 177 Å². The second-order valence-corrected chi connectivity index (χ2v) is 27.2. The molecule has 106 heavy (non-hydrogen) atoms. The van der Waals surface area contributed by atoms with E-state index in [1.54, 1.807) is 0 Å². The highest BCUT2D eigenvalue weighted by molar-refractivity contribution is 6.29. The molecule has 16 aromatic carbocycles. The lowest BCUT2D eigenvalue weighted by atomic mass is 9.82. The second-order valence-electron chi connectivity index (χ2n) is 27.2. The molecule has 6 heteroatoms. The monoisotopic (exact) mass is 1350 g/mol. The minimum atomic E-state index is 0.715. The molecule has 0 N–H and O–H groups in total. The number of allylic oxidation sites excluding steroid dienone is 5. The van der Waals surface area contributed by atoms with Crippen molar-refractivity contribution in [1.82, 2.24) is 28.7 Å². The molecule has 19 aromatic rings. The van der Waals surface area contributed by atoms with Crippen molar-refractivity contribution >= 4 is 82.1 Å². The predicted molar refractivity (Wildman–Crippen MR) is 444 cm³/mol. The van der Waals surface area contributed by atoms with E-state index < -0.39 is 0 Å². The molecule has 0 unspecified atom stereocenters. The lowest BCUT2D eigenvalue weighted by molar-refractivity contribution is 1.04. The van der Waals surface area contributed by atoms with Crippen molar-refractivity contribution in [1.29, 1.82) is 0 Å². The third kappa shape index (κ3) is 11.3. The van der Waals surface area contributed by atoms with E-state index in [0.717, 1.165) is 118 Å². The van der Waals surface area contributed by atoms with E-state index in [2.05, 4.69) is 385 Å². The molecule has 0 radical (unpaired) electrons. The third-order valence-electron chi connectivity index (χ3n) is 20.7. The topological polar surface area (TPSA) is 53.5 Å². The van der Waals surface area contributed by atoms with Gasteiger partial charge >= 0.3 is 0 Å². The first-order chi connectivity index (χ1) is 52.4. The molecule has 0 aliphatic carbocycles. The smallest absolute Gasteiger partial charge is 0.145 e. The molecule has 0 atom stereocenters. The Morgan fingerprint density at radius 2 is 0.538 bits per heavy atom. The number of para-hydroxylation sites is 7. The fraction of sp³-hybridized carbons (Fsp3) is 0.0100. The van der Waals surface area contributed by atoms with Crippen LogP contribution in [0.3, 0.4) is 0 Å². The Balaban J connectivity index is 0.828. The van der Waals surface area contributed by atoms with Crippen LogP contribution in [-0.4, -0.2) is 28.7 Å². The normalized spacial score (nSPS) is 12.0. The number of rotatable bonds is 15. The summed E-state index contributed by atoms with van der Waals surface area (Å²) < 4.78 is 6.76. The van der Waals surface area contributed by atoms with E-state index in [4.69, 9.17) is 21.5 Å². The number of hydrogen-bond acceptors (Lipinski definition) is 3. The summed E-state index contributed by atoms with van der Waals surface area (Å²) in [7, 11) is 0. The van der Waals surface area contributed by atoms with Gasteiger partial charge < -0.3 is 0 Å². The molecule has 0 saturated carbocycles. The van der Waals surface area contributed by atoms with Gasteiger partial charge in [-0.3, -0.25) is 13.7 Å². The van der Waals surface area contributed by atoms with Gasteiger partial charge in [0.25, 0.3) is 0 Å². The minimum absolute atomic E-state index is 0.715. The lowest BCUT2D eigenvalue weighted by Crippen LogP contribution is -2.03. The molecular weight excluding hydrogens is 1290 g/mol. The number of aromatic nitrogens is 6. The molecule has 0 bridgehead atoms. The molecule has 0 fully saturated rings. The van der Waals surface area contributed by atoms with Gasteiger partial charge in [0, 0.05) is 28.2 Å². The number of imidazole rings is 3. The zero-order valence-corrected chi connectivity index (χ0v) is 58.3. The highest BCUT2D eigenvalue weighted by Crippen LogP contribution is 2.49. The highest BCUT2D eigenvalue weighted by Gasteiger charge is 2.25. The summed E-state index contributed by atoms with van der Waals surface area (Å²) in [4.78, 5) is 16.4. The van der Waals surface area contributed by atoms with Crippen LogP contribution in [0, 0.1) is 0 Å². The summed E-state index contributed by atoms with van der Waals surface area (Å²) in [6.45, 7) is 7.02. The maximum Gasteiger partial charge on any atom is 0.145 e. The average molecular weight is 1350 g/mol. The lowest BCUT2D eigenvalue weighted by Gasteiger charge is -2.21. The summed E-state index contributed by atoms with van der Waals surface area (Å²) in [6, 6.07) is 133. The number of fused-ring (bicyclic) bond motifs is 9. The molecule has 19 rings (SSSR count). The molecule has 0 aliphatic heterocycles. The Labute approximate surface area is 615 Å². The van der Waals surface area contributed by atoms with E-state index >= 15 is 0 Å². The van der Waals surface area contributed by atoms with Gasteiger partial charge in [0.1, 0.15) is 17.5 Å². The number of nitrogens with zero attached hydrogens (tertiary/aromatic N) is 6. The minimum Gasteiger partial charge on any atom is -0.293 e. The Hall–Kier alpha value is -14.1. The van der Waals surface area contributed by atoms with Crippen LogP contribution in [0.1, 0.15) is 24.4 Å². The summed E-state index contributed by atoms with van der Waals surface area (Å²) >= 11 is 0. The van der Waals surface area contributed by atoms with E-state index in [-0.39, 0.29) is 0 Å². The van der Waals surface area contributed by atoms with Gasteiger partial charge in [0.15, 0.2) is 0 Å². The van der Waals surface area contributed by atoms with Crippen LogP contribution < -0.4 is 0 Å². The third-order valence-corrected chi connectivity index (χ3v) is 20.7. The maximum absolute atomic E-state index is 5.70. The van der Waals surface area contributed by atoms with Gasteiger partial charge in [-0.25, -0.2) is 15.0 Å². The summed E-state index contributed by atoms with van der Waals surface area (Å²) in [5.74, 6) is 2.28. The Morgan fingerprint density at radius 1 is 0.245 bits per heavy atom. The summed E-state index contributed by atoms with van der Waals surface area (Å²) in [6.07, 6.45) is 4.38. The molecule has 0 aliphatic rings. The number of benzene rings is 16. The zero-order chi connectivity index (χ0) is 70.6. The average Bonchev–Trinajstić information content (AvgIpc) is 1.30. The fourth-order valence-corrected chi connectivity index (χ4v) is 15.7. The second kappa shape index (κ2) is 26.7. The van der Waals surface area contributed by atoms with Crippen molar-refractivity contribution in [2.75, 3.05) is 0 Å². The van der Waals surface area contributed by atoms with Gasteiger partial charge in [-0.1, -0.05) is 261 Å². The van der Waals surface area contributed by atoms with Crippen LogP contribution in [-0.2, 0) is 0 Å². The van der Waals surface area contributed by atoms with E-state index in [9.17, 15) is 0 Å². The SMILES string of the molecule is C=C(C=C(C=C(C)c1nc2ccccc2n1-c1ccccc1)c1nc2ccc(-c3cccc(-c4cc5c6cc(-c7ccccc7)c(-c7ccccc7)cc6c6cc(-c7ccccc7)c(-c7ccccc7)cc6c5cc4-c4ccccc4)c3)cc2n1-c1ccccc1)c1nc2ccccc2n1-c1ccccc1. The van der Waals surface area contributed by atoms with Crippen LogP contribution in [0.2, 0.25) is 0 Å². The van der Waals surface area contributed by atoms with E-state index in [1.165, 1.54) is 71.3 Å². The Kier molecular flexibility index (Phi) is 15.8. The first-order valence-corrected chi connectivity index (χ1v) is 36.1. The molecule has 6 nitrogen and oxygen atoms in total. The van der Waals surface area contributed by atoms with Crippen LogP contribution in [0.5, 0.6) is 0 Å². The molecular formula is C100H68N6. The summed E-state index contributed by atoms with van der Waals surface area (Å²) in [5, 5.41) is 7.14. The maximum atomic E-state index is 5.70. The van der Waals surface area contributed by atoms with Gasteiger partial charge in [-0.2, -0.15) is 0 Å². The van der Waals surface area contributed by atoms with E-state index in [0.29, 0.717) is 5.57 Å². The molecule has 0 saturated heterocycles. The van der Waals surface area contributed by atoms with Crippen molar-refractivity contribution in [2.24, 2.45) is 0 Å². The van der Waals surface area contributed by atoms with Gasteiger partial charge in [0.05, 0.1) is 33.1 Å². The molecule has 498 valence electrons. The fourth-order valence-electron chi connectivity index (χ4n) is 15.7. The van der Waals surface area contributed by atoms with Crippen molar-refractivity contribution in [3.05, 3.63) is 406 Å². The Morgan fingerprint density at radius 3 is 0.943 bits per heavy atom. The van der Waals surface area contributed by atoms with Gasteiger partial charge in [0.2, 0.25) is 0 Å². The predicted octanol–water partition coefficient (Wildman–Crippen LogP) is 26.0. The highest BCUT2D eigenvalue weighted by atomic mass is 15.1. The molecule has 0 spiro atoms. The Bertz CT molecular complexity index is 6580. The van der Waals surface area contributed by atoms with Crippen LogP contribution in [0.4, 0.5) is 0 Å². The molecule has 0 amide bonds. The van der Waals surface area contributed by atoms with Crippen molar-refractivity contribution in [3.8, 4) is 95.0 Å². The van der Waals surface area contributed by atoms with E-state index in [1.807, 2.05) is 18.2 Å². The molecule has 3 aromatic heterocycles. The molecule has 3 heterocycles. The quantitative estimate of drug-likeness (QED) is 0.0759. The number of hydrogen-bond donors (Lipinski definition) is 0. The standard InChI is InChI=1S/C100H68N6/c1-66(98-101-92-50-27-29-52-95(92)104(98)77-44-21-8-22-45-77)56-76(57-67(2)99-102-93-51-28-30-53-96(93)105(99)78-46-23-9-24-47-78)100-103-94-55-54-74(59-97(94)106(100)79-48-25-10-26-49-79)73-42-31-43-75(58-73)85-65-91-89-63-83(71-38-17-6-18-39-71)81(69-34-13-4-14-35-69)61-87(89)86-60-80(68-32-11-3-12-33-68)82(70-36-15-5-16-37-70)62-88(86)90(91)64-84(85)72-40-19-7-20-41-72/h3-65H,1H2,2H3. The van der Waals surface area contributed by atoms with Crippen LogP contribution >= 0.6 is 0 Å². The van der Waals surface area contributed by atoms with Gasteiger partial charge in [-0.05, 0) is 250 Å². The largest absolute Gasteiger partial charge is 0.293 e. The van der Waals surface area contributed by atoms with Crippen LogP contribution in [0.15, 0.2) is 389 Å². The van der Waals surface area contributed by atoms with Crippen molar-refractivity contribution < 1.29 is 0 Å². The van der Waals surface area contributed by atoms with Crippen molar-refractivity contribution in [2.45, 2.75) is 6.92 Å². The zero-order valence-electron chi connectivity index (χ0n) is 58.3. The van der Waals surface area contributed by atoms with Gasteiger partial charge in [-0.15, -0.1) is 0 Å². The summed E-state index contributed by atoms with van der Waals surface area (Å²) in [5.41, 5.74) is 27.1. The van der Waals surface area contributed by atoms with Crippen molar-refractivity contribution in [3.63, 3.8) is 0 Å². The first kappa shape index (κ1) is 62.9. The first-order valence-electron chi connectivity index (χ1n) is 36.1.